The van der Waals surface area contributed by atoms with Crippen molar-refractivity contribution in [1.29, 1.82) is 0 Å². The fourth-order valence-electron chi connectivity index (χ4n) is 2.25. The van der Waals surface area contributed by atoms with E-state index >= 15 is 0 Å². The van der Waals surface area contributed by atoms with Gasteiger partial charge in [0, 0.05) is 0 Å². The third-order valence-electron chi connectivity index (χ3n) is 3.17. The Labute approximate surface area is 106 Å². The van der Waals surface area contributed by atoms with Gasteiger partial charge in [-0.1, -0.05) is 65.8 Å². The van der Waals surface area contributed by atoms with E-state index in [0.717, 1.165) is 0 Å². The van der Waals surface area contributed by atoms with Crippen LogP contribution in [0.1, 0.15) is 59.4 Å². The highest BCUT2D eigenvalue weighted by molar-refractivity contribution is 5.44. The van der Waals surface area contributed by atoms with Crippen molar-refractivity contribution in [3.8, 4) is 0 Å². The van der Waals surface area contributed by atoms with E-state index in [1.807, 2.05) is 12.1 Å². The minimum atomic E-state index is 0.261. The second-order valence-corrected chi connectivity index (χ2v) is 7.31. The summed E-state index contributed by atoms with van der Waals surface area (Å²) in [7, 11) is 0. The maximum Gasteiger partial charge on any atom is -0.0108 e. The van der Waals surface area contributed by atoms with Crippen LogP contribution >= 0.6 is 0 Å². The third kappa shape index (κ3) is 4.41. The number of benzene rings is 1. The van der Waals surface area contributed by atoms with Gasteiger partial charge in [0.15, 0.2) is 0 Å². The first-order valence-corrected chi connectivity index (χ1v) is 6.41. The first-order valence-electron chi connectivity index (χ1n) is 6.41. The standard InChI is InChI=1S/C16H26N/c1-15(2,3)11-14(16(4,5)6)12-7-9-13(17)10-8-12/h7-10,14,17H,11H2,1-6H3/q-1. The van der Waals surface area contributed by atoms with E-state index in [2.05, 4.69) is 53.7 Å². The fourth-order valence-corrected chi connectivity index (χ4v) is 2.25. The van der Waals surface area contributed by atoms with Gasteiger partial charge in [0.25, 0.3) is 0 Å². The smallest absolute Gasteiger partial charge is 0.0108 e. The molecule has 0 aromatic heterocycles. The summed E-state index contributed by atoms with van der Waals surface area (Å²) in [5, 5.41) is 0. The van der Waals surface area contributed by atoms with E-state index in [9.17, 15) is 0 Å². The van der Waals surface area contributed by atoms with Crippen molar-refractivity contribution in [2.45, 2.75) is 53.9 Å². The van der Waals surface area contributed by atoms with E-state index in [1.165, 1.54) is 12.0 Å². The fraction of sp³-hybridized carbons (Fsp3) is 0.625. The molecule has 0 radical (unpaired) electrons. The predicted octanol–water partition coefficient (Wildman–Crippen LogP) is 5.94. The van der Waals surface area contributed by atoms with Crippen LogP contribution in [0.25, 0.3) is 5.73 Å². The molecule has 1 unspecified atom stereocenters. The molecule has 1 aromatic carbocycles. The van der Waals surface area contributed by atoms with Crippen molar-refractivity contribution in [3.05, 3.63) is 35.6 Å². The van der Waals surface area contributed by atoms with E-state index in [1.54, 1.807) is 0 Å². The molecular weight excluding hydrogens is 206 g/mol. The molecule has 0 saturated heterocycles. The topological polar surface area (TPSA) is 23.8 Å². The third-order valence-corrected chi connectivity index (χ3v) is 3.17. The lowest BCUT2D eigenvalue weighted by atomic mass is 9.69. The Morgan fingerprint density at radius 1 is 0.941 bits per heavy atom. The number of hydrogen-bond donors (Lipinski definition) is 0. The zero-order chi connectivity index (χ0) is 13.3. The summed E-state index contributed by atoms with van der Waals surface area (Å²) in [6.45, 7) is 13.8. The molecule has 0 aliphatic heterocycles. The number of nitrogens with one attached hydrogen (secondary N) is 1. The largest absolute Gasteiger partial charge is 0.699 e. The first-order chi connectivity index (χ1) is 7.59. The molecular formula is C16H26N-. The molecule has 0 amide bonds. The summed E-state index contributed by atoms with van der Waals surface area (Å²) in [4.78, 5) is 0. The minimum Gasteiger partial charge on any atom is -0.699 e. The van der Waals surface area contributed by atoms with Gasteiger partial charge in [0.1, 0.15) is 0 Å². The predicted molar refractivity (Wildman–Crippen MR) is 76.7 cm³/mol. The second-order valence-electron chi connectivity index (χ2n) is 7.31. The molecule has 0 aliphatic carbocycles. The molecule has 96 valence electrons. The summed E-state index contributed by atoms with van der Waals surface area (Å²) in [5.74, 6) is 0.545. The van der Waals surface area contributed by atoms with Gasteiger partial charge < -0.3 is 5.73 Å². The quantitative estimate of drug-likeness (QED) is 0.603. The Kier molecular flexibility index (Phi) is 3.91. The van der Waals surface area contributed by atoms with Crippen molar-refractivity contribution in [2.24, 2.45) is 10.8 Å². The number of rotatable bonds is 2. The molecule has 0 spiro atoms. The summed E-state index contributed by atoms with van der Waals surface area (Å²) < 4.78 is 0. The van der Waals surface area contributed by atoms with Crippen molar-refractivity contribution in [2.75, 3.05) is 0 Å². The summed E-state index contributed by atoms with van der Waals surface area (Å²) >= 11 is 0. The molecule has 17 heavy (non-hydrogen) atoms. The molecule has 0 aliphatic rings. The Morgan fingerprint density at radius 3 is 1.76 bits per heavy atom. The summed E-state index contributed by atoms with van der Waals surface area (Å²) in [6.07, 6.45) is 1.17. The van der Waals surface area contributed by atoms with Gasteiger partial charge in [-0.25, -0.2) is 0 Å². The van der Waals surface area contributed by atoms with E-state index in [0.29, 0.717) is 17.0 Å². The van der Waals surface area contributed by atoms with Crippen LogP contribution < -0.4 is 0 Å². The maximum atomic E-state index is 7.57. The summed E-state index contributed by atoms with van der Waals surface area (Å²) in [6, 6.07) is 8.03. The molecule has 0 fully saturated rings. The van der Waals surface area contributed by atoms with Crippen LogP contribution in [-0.4, -0.2) is 0 Å². The van der Waals surface area contributed by atoms with Gasteiger partial charge in [-0.05, 0) is 28.7 Å². The molecule has 0 heterocycles. The lowest BCUT2D eigenvalue weighted by molar-refractivity contribution is 0.229. The highest BCUT2D eigenvalue weighted by Gasteiger charge is 2.29. The monoisotopic (exact) mass is 232 g/mol. The molecule has 1 N–H and O–H groups in total. The molecule has 1 rings (SSSR count). The SMILES string of the molecule is CC(C)(C)CC(c1ccc([NH-])cc1)C(C)(C)C. The van der Waals surface area contributed by atoms with Gasteiger partial charge in [-0.3, -0.25) is 0 Å². The average Bonchev–Trinajstić information content (AvgIpc) is 2.13. The van der Waals surface area contributed by atoms with Gasteiger partial charge >= 0.3 is 0 Å². The lowest BCUT2D eigenvalue weighted by Crippen LogP contribution is -2.23. The highest BCUT2D eigenvalue weighted by atomic mass is 14.5. The van der Waals surface area contributed by atoms with Crippen LogP contribution in [0, 0.1) is 10.8 Å². The molecule has 1 nitrogen and oxygen atoms in total. The van der Waals surface area contributed by atoms with Crippen LogP contribution in [0.5, 0.6) is 0 Å². The number of hydrogen-bond acceptors (Lipinski definition) is 0. The Balaban J connectivity index is 3.03. The van der Waals surface area contributed by atoms with E-state index in [4.69, 9.17) is 5.73 Å². The lowest BCUT2D eigenvalue weighted by Gasteiger charge is -2.36. The van der Waals surface area contributed by atoms with Gasteiger partial charge in [0.2, 0.25) is 0 Å². The van der Waals surface area contributed by atoms with Crippen molar-refractivity contribution < 1.29 is 0 Å². The molecule has 1 aromatic rings. The second kappa shape index (κ2) is 4.72. The van der Waals surface area contributed by atoms with Crippen molar-refractivity contribution in [1.82, 2.24) is 0 Å². The van der Waals surface area contributed by atoms with Crippen LogP contribution in [0.4, 0.5) is 5.69 Å². The zero-order valence-electron chi connectivity index (χ0n) is 12.1. The molecule has 0 saturated carbocycles. The van der Waals surface area contributed by atoms with E-state index in [-0.39, 0.29) is 5.41 Å². The van der Waals surface area contributed by atoms with Crippen molar-refractivity contribution in [3.63, 3.8) is 0 Å². The Morgan fingerprint density at radius 2 is 1.41 bits per heavy atom. The van der Waals surface area contributed by atoms with Crippen molar-refractivity contribution >= 4 is 5.69 Å². The van der Waals surface area contributed by atoms with Crippen LogP contribution in [-0.2, 0) is 0 Å². The molecule has 1 atom stereocenters. The molecule has 0 bridgehead atoms. The van der Waals surface area contributed by atoms with E-state index < -0.39 is 0 Å². The normalized spacial score (nSPS) is 14.7. The zero-order valence-corrected chi connectivity index (χ0v) is 12.1. The van der Waals surface area contributed by atoms with Crippen LogP contribution in [0.15, 0.2) is 24.3 Å². The highest BCUT2D eigenvalue weighted by Crippen LogP contribution is 2.43. The minimum absolute atomic E-state index is 0.261. The maximum absolute atomic E-state index is 7.57. The van der Waals surface area contributed by atoms with Gasteiger partial charge in [0.05, 0.1) is 0 Å². The molecule has 1 heteroatoms. The first kappa shape index (κ1) is 14.1. The average molecular weight is 232 g/mol. The van der Waals surface area contributed by atoms with Gasteiger partial charge in [-0.2, -0.15) is 0 Å². The van der Waals surface area contributed by atoms with Crippen LogP contribution in [0.2, 0.25) is 0 Å². The van der Waals surface area contributed by atoms with Crippen LogP contribution in [0.3, 0.4) is 0 Å². The Bertz CT molecular complexity index is 349. The Hall–Kier alpha value is -0.980. The summed E-state index contributed by atoms with van der Waals surface area (Å²) in [5.41, 5.74) is 10.1. The van der Waals surface area contributed by atoms with Gasteiger partial charge in [-0.15, -0.1) is 5.69 Å².